The third-order valence-corrected chi connectivity index (χ3v) is 2.16. The molecule has 3 heteroatoms. The van der Waals surface area contributed by atoms with E-state index in [4.69, 9.17) is 0 Å². The topological polar surface area (TPSA) is 41.1 Å². The summed E-state index contributed by atoms with van der Waals surface area (Å²) >= 11 is 0. The van der Waals surface area contributed by atoms with Gasteiger partial charge in [-0.2, -0.15) is 0 Å². The Labute approximate surface area is 90.9 Å². The number of carbonyl (C=O) groups is 1. The summed E-state index contributed by atoms with van der Waals surface area (Å²) in [5, 5.41) is 6.12. The number of hydrogen-bond acceptors (Lipinski definition) is 2. The minimum Gasteiger partial charge on any atom is -0.350 e. The molecule has 1 atom stereocenters. The second-order valence-electron chi connectivity index (χ2n) is 3.53. The average molecular weight is 206 g/mol. The number of hydrogen-bond donors (Lipinski definition) is 2. The first-order valence-corrected chi connectivity index (χ1v) is 5.30. The highest BCUT2D eigenvalue weighted by Crippen LogP contribution is 1.97. The number of carbonyl (C=O) groups excluding carboxylic acids is 1. The summed E-state index contributed by atoms with van der Waals surface area (Å²) < 4.78 is 0. The van der Waals surface area contributed by atoms with Crippen LogP contribution in [0, 0.1) is 0 Å². The van der Waals surface area contributed by atoms with Crippen molar-refractivity contribution < 1.29 is 4.79 Å². The van der Waals surface area contributed by atoms with Gasteiger partial charge in [-0.25, -0.2) is 0 Å². The molecule has 2 N–H and O–H groups in total. The van der Waals surface area contributed by atoms with E-state index in [0.29, 0.717) is 18.2 Å². The van der Waals surface area contributed by atoms with E-state index in [9.17, 15) is 4.79 Å². The van der Waals surface area contributed by atoms with E-state index in [-0.39, 0.29) is 5.91 Å². The van der Waals surface area contributed by atoms with Crippen molar-refractivity contribution in [3.8, 4) is 0 Å². The number of nitrogens with one attached hydrogen (secondary N) is 2. The molecule has 1 aromatic carbocycles. The van der Waals surface area contributed by atoms with E-state index < -0.39 is 0 Å². The highest BCUT2D eigenvalue weighted by Gasteiger charge is 2.05. The van der Waals surface area contributed by atoms with Crippen molar-refractivity contribution in [2.24, 2.45) is 0 Å². The molecule has 0 aromatic heterocycles. The Morgan fingerprint density at radius 2 is 2.00 bits per heavy atom. The second kappa shape index (κ2) is 6.19. The van der Waals surface area contributed by atoms with Crippen LogP contribution in [0.25, 0.3) is 0 Å². The maximum absolute atomic E-state index is 11.6. The van der Waals surface area contributed by atoms with Gasteiger partial charge in [-0.05, 0) is 25.6 Å². The zero-order valence-electron chi connectivity index (χ0n) is 9.29. The van der Waals surface area contributed by atoms with E-state index in [1.54, 1.807) is 0 Å². The minimum atomic E-state index is -0.0136. The Hall–Kier alpha value is -1.35. The summed E-state index contributed by atoms with van der Waals surface area (Å²) in [5.74, 6) is -0.0136. The molecule has 1 aromatic rings. The van der Waals surface area contributed by atoms with Gasteiger partial charge >= 0.3 is 0 Å². The smallest absolute Gasteiger partial charge is 0.251 e. The quantitative estimate of drug-likeness (QED) is 0.765. The molecule has 0 aliphatic heterocycles. The molecule has 82 valence electrons. The molecular weight excluding hydrogens is 188 g/mol. The van der Waals surface area contributed by atoms with Crippen molar-refractivity contribution in [3.63, 3.8) is 0 Å². The van der Waals surface area contributed by atoms with Crippen LogP contribution >= 0.6 is 0 Å². The molecule has 0 fully saturated rings. The lowest BCUT2D eigenvalue weighted by atomic mass is 10.2. The summed E-state index contributed by atoms with van der Waals surface area (Å²) in [6.07, 6.45) is 0. The Morgan fingerprint density at radius 3 is 2.60 bits per heavy atom. The molecule has 0 unspecified atom stereocenters. The van der Waals surface area contributed by atoms with Crippen LogP contribution in [-0.4, -0.2) is 25.0 Å². The van der Waals surface area contributed by atoms with Gasteiger partial charge in [0.25, 0.3) is 5.91 Å². The van der Waals surface area contributed by atoms with Gasteiger partial charge in [-0.15, -0.1) is 0 Å². The zero-order chi connectivity index (χ0) is 11.1. The van der Waals surface area contributed by atoms with Crippen LogP contribution in [-0.2, 0) is 0 Å². The van der Waals surface area contributed by atoms with E-state index in [0.717, 1.165) is 6.54 Å². The van der Waals surface area contributed by atoms with Gasteiger partial charge in [0.2, 0.25) is 0 Å². The molecule has 0 aliphatic rings. The third-order valence-electron chi connectivity index (χ3n) is 2.16. The van der Waals surface area contributed by atoms with Gasteiger partial charge in [0.1, 0.15) is 0 Å². The Morgan fingerprint density at radius 1 is 1.33 bits per heavy atom. The van der Waals surface area contributed by atoms with Crippen LogP contribution in [0.1, 0.15) is 24.2 Å². The van der Waals surface area contributed by atoms with Gasteiger partial charge in [0.05, 0.1) is 0 Å². The highest BCUT2D eigenvalue weighted by atomic mass is 16.1. The average Bonchev–Trinajstić information content (AvgIpc) is 2.27. The SMILES string of the molecule is CCN[C@H](C)CNC(=O)c1ccccc1. The number of benzene rings is 1. The fraction of sp³-hybridized carbons (Fsp3) is 0.417. The van der Waals surface area contributed by atoms with Crippen molar-refractivity contribution in [1.82, 2.24) is 10.6 Å². The molecule has 0 saturated carbocycles. The summed E-state index contributed by atoms with van der Waals surface area (Å²) in [7, 11) is 0. The van der Waals surface area contributed by atoms with Gasteiger partial charge < -0.3 is 10.6 Å². The molecule has 3 nitrogen and oxygen atoms in total. The molecule has 1 rings (SSSR count). The lowest BCUT2D eigenvalue weighted by molar-refractivity contribution is 0.0950. The van der Waals surface area contributed by atoms with Crippen molar-refractivity contribution >= 4 is 5.91 Å². The van der Waals surface area contributed by atoms with Gasteiger partial charge in [0, 0.05) is 18.2 Å². The lowest BCUT2D eigenvalue weighted by Crippen LogP contribution is -2.38. The molecule has 0 saturated heterocycles. The predicted molar refractivity (Wildman–Crippen MR) is 61.9 cm³/mol. The monoisotopic (exact) mass is 206 g/mol. The van der Waals surface area contributed by atoms with Crippen molar-refractivity contribution in [2.45, 2.75) is 19.9 Å². The van der Waals surface area contributed by atoms with Crippen LogP contribution in [0.5, 0.6) is 0 Å². The zero-order valence-corrected chi connectivity index (χ0v) is 9.29. The lowest BCUT2D eigenvalue weighted by Gasteiger charge is -2.13. The fourth-order valence-corrected chi connectivity index (χ4v) is 1.36. The largest absolute Gasteiger partial charge is 0.350 e. The van der Waals surface area contributed by atoms with Crippen molar-refractivity contribution in [3.05, 3.63) is 35.9 Å². The Kier molecular flexibility index (Phi) is 4.84. The number of amides is 1. The van der Waals surface area contributed by atoms with Gasteiger partial charge in [-0.1, -0.05) is 25.1 Å². The molecule has 0 aliphatic carbocycles. The maximum Gasteiger partial charge on any atom is 0.251 e. The maximum atomic E-state index is 11.6. The molecule has 15 heavy (non-hydrogen) atoms. The molecule has 0 spiro atoms. The normalized spacial score (nSPS) is 12.1. The van der Waals surface area contributed by atoms with Gasteiger partial charge in [0.15, 0.2) is 0 Å². The van der Waals surface area contributed by atoms with E-state index in [1.165, 1.54) is 0 Å². The third kappa shape index (κ3) is 4.13. The first kappa shape index (κ1) is 11.7. The Balaban J connectivity index is 2.37. The molecular formula is C12H18N2O. The van der Waals surface area contributed by atoms with E-state index in [2.05, 4.69) is 24.5 Å². The molecule has 0 bridgehead atoms. The highest BCUT2D eigenvalue weighted by molar-refractivity contribution is 5.94. The first-order valence-electron chi connectivity index (χ1n) is 5.30. The van der Waals surface area contributed by atoms with Gasteiger partial charge in [-0.3, -0.25) is 4.79 Å². The molecule has 0 radical (unpaired) electrons. The number of likely N-dealkylation sites (N-methyl/N-ethyl adjacent to an activating group) is 1. The predicted octanol–water partition coefficient (Wildman–Crippen LogP) is 1.41. The van der Waals surface area contributed by atoms with Crippen LogP contribution in [0.4, 0.5) is 0 Å². The first-order chi connectivity index (χ1) is 7.24. The van der Waals surface area contributed by atoms with Crippen molar-refractivity contribution in [1.29, 1.82) is 0 Å². The summed E-state index contributed by atoms with van der Waals surface area (Å²) in [6, 6.07) is 9.56. The standard InChI is InChI=1S/C12H18N2O/c1-3-13-10(2)9-14-12(15)11-7-5-4-6-8-11/h4-8,10,13H,3,9H2,1-2H3,(H,14,15)/t10-/m1/s1. The van der Waals surface area contributed by atoms with E-state index >= 15 is 0 Å². The number of rotatable bonds is 5. The van der Waals surface area contributed by atoms with Crippen LogP contribution in [0.15, 0.2) is 30.3 Å². The summed E-state index contributed by atoms with van der Waals surface area (Å²) in [6.45, 7) is 5.67. The van der Waals surface area contributed by atoms with Crippen LogP contribution in [0.3, 0.4) is 0 Å². The van der Waals surface area contributed by atoms with Crippen molar-refractivity contribution in [2.75, 3.05) is 13.1 Å². The molecule has 0 heterocycles. The summed E-state index contributed by atoms with van der Waals surface area (Å²) in [5.41, 5.74) is 0.709. The molecule has 1 amide bonds. The minimum absolute atomic E-state index is 0.0136. The van der Waals surface area contributed by atoms with Crippen LogP contribution < -0.4 is 10.6 Å². The van der Waals surface area contributed by atoms with E-state index in [1.807, 2.05) is 30.3 Å². The Bertz CT molecular complexity index is 298. The fourth-order valence-electron chi connectivity index (χ4n) is 1.36. The second-order valence-corrected chi connectivity index (χ2v) is 3.53. The summed E-state index contributed by atoms with van der Waals surface area (Å²) in [4.78, 5) is 11.6. The van der Waals surface area contributed by atoms with Crippen LogP contribution in [0.2, 0.25) is 0 Å².